The first kappa shape index (κ1) is 32.2. The number of morpholine rings is 1. The zero-order valence-corrected chi connectivity index (χ0v) is 27.8. The number of carbonyl (C=O) groups is 2. The van der Waals surface area contributed by atoms with Crippen molar-refractivity contribution >= 4 is 23.2 Å². The Labute approximate surface area is 272 Å². The number of carbonyl (C=O) groups excluding carboxylic acids is 2. The Morgan fingerprint density at radius 3 is 2.30 bits per heavy atom. The van der Waals surface area contributed by atoms with Gasteiger partial charge in [-0.1, -0.05) is 24.3 Å². The van der Waals surface area contributed by atoms with Gasteiger partial charge in [0.1, 0.15) is 0 Å². The Balaban J connectivity index is 1.40. The quantitative estimate of drug-likeness (QED) is 0.285. The van der Waals surface area contributed by atoms with Crippen LogP contribution in [0, 0.1) is 20.8 Å². The minimum Gasteiger partial charge on any atom is -0.481 e. The minimum atomic E-state index is -0.653. The van der Waals surface area contributed by atoms with Gasteiger partial charge in [-0.25, -0.2) is 9.88 Å². The zero-order valence-electron chi connectivity index (χ0n) is 27.8. The lowest BCUT2D eigenvalue weighted by atomic mass is 9.94. The van der Waals surface area contributed by atoms with E-state index in [-0.39, 0.29) is 18.2 Å². The predicted molar refractivity (Wildman–Crippen MR) is 180 cm³/mol. The zero-order chi connectivity index (χ0) is 32.4. The molecule has 6 rings (SSSR count). The van der Waals surface area contributed by atoms with E-state index >= 15 is 0 Å². The summed E-state index contributed by atoms with van der Waals surface area (Å²) in [6.45, 7) is 14.6. The first-order valence-electron chi connectivity index (χ1n) is 16.6. The number of rotatable bonds is 9. The van der Waals surface area contributed by atoms with Crippen LogP contribution in [-0.2, 0) is 25.6 Å². The SMILES string of the molecule is CCN(c1cc(-c2ccc(CN3CCOCC3)cc2)cc(N2C(=O)CC(c3c(C)cc(C)nc3OC)C2=O)c1C)C1CCOCC1. The van der Waals surface area contributed by atoms with E-state index in [1.807, 2.05) is 32.9 Å². The lowest BCUT2D eigenvalue weighted by molar-refractivity contribution is -0.121. The molecule has 2 amide bonds. The van der Waals surface area contributed by atoms with Crippen molar-refractivity contribution in [2.75, 3.05) is 63.0 Å². The van der Waals surface area contributed by atoms with Gasteiger partial charge in [0.25, 0.3) is 0 Å². The Kier molecular flexibility index (Phi) is 9.73. The summed E-state index contributed by atoms with van der Waals surface area (Å²) in [7, 11) is 1.56. The molecule has 3 aliphatic rings. The molecule has 3 aromatic rings. The largest absolute Gasteiger partial charge is 0.481 e. The fourth-order valence-corrected chi connectivity index (χ4v) is 7.33. The van der Waals surface area contributed by atoms with Crippen LogP contribution in [0.5, 0.6) is 5.88 Å². The number of amides is 2. The molecule has 46 heavy (non-hydrogen) atoms. The Morgan fingerprint density at radius 1 is 0.935 bits per heavy atom. The summed E-state index contributed by atoms with van der Waals surface area (Å²) in [5.41, 5.74) is 8.30. The number of hydrogen-bond acceptors (Lipinski definition) is 8. The molecule has 2 aromatic carbocycles. The van der Waals surface area contributed by atoms with Gasteiger partial charge in [0.2, 0.25) is 17.7 Å². The van der Waals surface area contributed by atoms with Crippen molar-refractivity contribution in [1.82, 2.24) is 9.88 Å². The van der Waals surface area contributed by atoms with E-state index in [1.165, 1.54) is 10.5 Å². The first-order valence-corrected chi connectivity index (χ1v) is 16.6. The van der Waals surface area contributed by atoms with Crippen LogP contribution in [0.25, 0.3) is 11.1 Å². The third-order valence-corrected chi connectivity index (χ3v) is 9.72. The number of methoxy groups -OCH3 is 1. The second-order valence-electron chi connectivity index (χ2n) is 12.7. The molecule has 0 bridgehead atoms. The van der Waals surface area contributed by atoms with Crippen LogP contribution >= 0.6 is 0 Å². The molecule has 3 aliphatic heterocycles. The van der Waals surface area contributed by atoms with Crippen molar-refractivity contribution < 1.29 is 23.8 Å². The highest BCUT2D eigenvalue weighted by Gasteiger charge is 2.44. The summed E-state index contributed by atoms with van der Waals surface area (Å²) in [6.07, 6.45) is 1.95. The van der Waals surface area contributed by atoms with Crippen molar-refractivity contribution in [1.29, 1.82) is 0 Å². The van der Waals surface area contributed by atoms with Crippen molar-refractivity contribution in [2.45, 2.75) is 65.5 Å². The Hall–Kier alpha value is -3.79. The number of imide groups is 1. The third kappa shape index (κ3) is 6.41. The molecule has 3 saturated heterocycles. The molecular weight excluding hydrogens is 580 g/mol. The number of hydrogen-bond donors (Lipinski definition) is 0. The molecule has 0 radical (unpaired) electrons. The van der Waals surface area contributed by atoms with Crippen molar-refractivity contribution in [3.63, 3.8) is 0 Å². The van der Waals surface area contributed by atoms with E-state index < -0.39 is 5.92 Å². The highest BCUT2D eigenvalue weighted by atomic mass is 16.5. The number of benzene rings is 2. The number of aryl methyl sites for hydroxylation is 2. The van der Waals surface area contributed by atoms with Crippen molar-refractivity contribution in [2.24, 2.45) is 0 Å². The summed E-state index contributed by atoms with van der Waals surface area (Å²) in [6, 6.07) is 15.2. The molecule has 1 aromatic heterocycles. The fraction of sp³-hybridized carbons (Fsp3) is 0.486. The molecule has 0 spiro atoms. The minimum absolute atomic E-state index is 0.0769. The number of aromatic nitrogens is 1. The van der Waals surface area contributed by atoms with Crippen LogP contribution in [0.15, 0.2) is 42.5 Å². The van der Waals surface area contributed by atoms with Crippen molar-refractivity contribution in [3.05, 3.63) is 70.4 Å². The fourth-order valence-electron chi connectivity index (χ4n) is 7.33. The molecule has 4 heterocycles. The van der Waals surface area contributed by atoms with Gasteiger partial charge < -0.3 is 19.1 Å². The number of pyridine rings is 1. The predicted octanol–water partition coefficient (Wildman–Crippen LogP) is 5.57. The molecule has 0 aliphatic carbocycles. The van der Waals surface area contributed by atoms with E-state index in [9.17, 15) is 9.59 Å². The molecule has 1 unspecified atom stereocenters. The average molecular weight is 627 g/mol. The monoisotopic (exact) mass is 626 g/mol. The molecule has 9 nitrogen and oxygen atoms in total. The topological polar surface area (TPSA) is 84.4 Å². The lowest BCUT2D eigenvalue weighted by Gasteiger charge is -2.37. The third-order valence-electron chi connectivity index (χ3n) is 9.72. The van der Waals surface area contributed by atoms with Gasteiger partial charge in [-0.15, -0.1) is 0 Å². The number of nitrogens with zero attached hydrogens (tertiary/aromatic N) is 4. The van der Waals surface area contributed by atoms with Gasteiger partial charge in [0.05, 0.1) is 31.9 Å². The highest BCUT2D eigenvalue weighted by Crippen LogP contribution is 2.43. The van der Waals surface area contributed by atoms with Gasteiger partial charge in [0, 0.05) is 68.8 Å². The second-order valence-corrected chi connectivity index (χ2v) is 12.7. The van der Waals surface area contributed by atoms with Crippen LogP contribution in [0.1, 0.15) is 60.1 Å². The number of anilines is 2. The summed E-state index contributed by atoms with van der Waals surface area (Å²) in [4.78, 5) is 38.9. The van der Waals surface area contributed by atoms with Crippen LogP contribution in [-0.4, -0.2) is 80.9 Å². The van der Waals surface area contributed by atoms with Gasteiger partial charge >= 0.3 is 0 Å². The van der Waals surface area contributed by atoms with Crippen LogP contribution in [0.2, 0.25) is 0 Å². The molecule has 1 atom stereocenters. The van der Waals surface area contributed by atoms with E-state index in [0.29, 0.717) is 23.2 Å². The molecule has 244 valence electrons. The van der Waals surface area contributed by atoms with Crippen LogP contribution < -0.4 is 14.5 Å². The first-order chi connectivity index (χ1) is 22.3. The molecule has 9 heteroatoms. The van der Waals surface area contributed by atoms with E-state index in [0.717, 1.165) is 99.1 Å². The van der Waals surface area contributed by atoms with E-state index in [2.05, 4.69) is 52.0 Å². The Bertz CT molecular complexity index is 1580. The number of ether oxygens (including phenoxy) is 3. The van der Waals surface area contributed by atoms with E-state index in [4.69, 9.17) is 14.2 Å². The standard InChI is InChI=1S/C37H46N4O5/c1-6-40(30-11-15-45-16-12-30)32-20-29(28-9-7-27(8-10-28)23-39-13-17-46-18-14-39)21-33(26(32)4)41-34(42)22-31(37(41)43)35-24(2)19-25(3)38-36(35)44-5/h7-10,19-21,30-31H,6,11-18,22-23H2,1-5H3. The van der Waals surface area contributed by atoms with Crippen molar-refractivity contribution in [3.8, 4) is 17.0 Å². The van der Waals surface area contributed by atoms with Crippen LogP contribution in [0.3, 0.4) is 0 Å². The Morgan fingerprint density at radius 2 is 1.63 bits per heavy atom. The lowest BCUT2D eigenvalue weighted by Crippen LogP contribution is -2.40. The maximum absolute atomic E-state index is 14.3. The molecule has 3 fully saturated rings. The summed E-state index contributed by atoms with van der Waals surface area (Å²) >= 11 is 0. The van der Waals surface area contributed by atoms with Gasteiger partial charge in [-0.2, -0.15) is 0 Å². The van der Waals surface area contributed by atoms with Gasteiger partial charge in [0.15, 0.2) is 0 Å². The van der Waals surface area contributed by atoms with E-state index in [1.54, 1.807) is 7.11 Å². The van der Waals surface area contributed by atoms with Gasteiger partial charge in [-0.3, -0.25) is 14.5 Å². The highest BCUT2D eigenvalue weighted by molar-refractivity contribution is 6.23. The molecule has 0 N–H and O–H groups in total. The van der Waals surface area contributed by atoms with Crippen LogP contribution in [0.4, 0.5) is 11.4 Å². The normalized spacial score (nSPS) is 19.6. The summed E-state index contributed by atoms with van der Waals surface area (Å²) in [5, 5.41) is 0. The maximum Gasteiger partial charge on any atom is 0.242 e. The summed E-state index contributed by atoms with van der Waals surface area (Å²) < 4.78 is 16.8. The average Bonchev–Trinajstić information content (AvgIpc) is 3.35. The maximum atomic E-state index is 14.3. The smallest absolute Gasteiger partial charge is 0.242 e. The summed E-state index contributed by atoms with van der Waals surface area (Å²) in [5.74, 6) is -0.693. The molecule has 0 saturated carbocycles. The second kappa shape index (κ2) is 13.9. The van der Waals surface area contributed by atoms with Gasteiger partial charge in [-0.05, 0) is 86.6 Å². The molecular formula is C37H46N4O5.